The van der Waals surface area contributed by atoms with E-state index in [1.807, 2.05) is 0 Å². The molecule has 1 aromatic rings. The number of hydrogen-bond donors (Lipinski definition) is 1. The lowest BCUT2D eigenvalue weighted by atomic mass is 10.0. The van der Waals surface area contributed by atoms with Gasteiger partial charge in [0.15, 0.2) is 0 Å². The van der Waals surface area contributed by atoms with Gasteiger partial charge in [0.05, 0.1) is 10.7 Å². The maximum Gasteiger partial charge on any atom is 0.0931 e. The maximum absolute atomic E-state index is 5.91. The predicted octanol–water partition coefficient (Wildman–Crippen LogP) is 2.43. The van der Waals surface area contributed by atoms with Crippen molar-refractivity contribution >= 4 is 11.3 Å². The summed E-state index contributed by atoms with van der Waals surface area (Å²) in [5.74, 6) is 0. The molecule has 0 fully saturated rings. The Hall–Kier alpha value is -0.410. The zero-order valence-electron chi connectivity index (χ0n) is 8.85. The van der Waals surface area contributed by atoms with Crippen LogP contribution in [-0.4, -0.2) is 10.5 Å². The molecule has 0 aliphatic rings. The van der Waals surface area contributed by atoms with E-state index in [1.165, 1.54) is 9.88 Å². The summed E-state index contributed by atoms with van der Waals surface area (Å²) in [6, 6.07) is 0. The minimum Gasteiger partial charge on any atom is -0.326 e. The van der Waals surface area contributed by atoms with Crippen molar-refractivity contribution in [3.63, 3.8) is 0 Å². The fourth-order valence-electron chi connectivity index (χ4n) is 1.08. The highest BCUT2D eigenvalue weighted by Gasteiger charge is 2.12. The van der Waals surface area contributed by atoms with E-state index in [-0.39, 0.29) is 5.54 Å². The van der Waals surface area contributed by atoms with Crippen molar-refractivity contribution in [3.8, 4) is 0 Å². The molecule has 0 bridgehead atoms. The van der Waals surface area contributed by atoms with Gasteiger partial charge < -0.3 is 5.73 Å². The average molecular weight is 198 g/mol. The Morgan fingerprint density at radius 2 is 2.00 bits per heavy atom. The second-order valence-corrected chi connectivity index (χ2v) is 5.53. The number of hydrogen-bond acceptors (Lipinski definition) is 3. The molecule has 0 aliphatic carbocycles. The van der Waals surface area contributed by atoms with E-state index in [4.69, 9.17) is 5.73 Å². The summed E-state index contributed by atoms with van der Waals surface area (Å²) in [6.45, 7) is 8.29. The molecule has 2 nitrogen and oxygen atoms in total. The summed E-state index contributed by atoms with van der Waals surface area (Å²) in [4.78, 5) is 5.80. The molecule has 0 radical (unpaired) electrons. The van der Waals surface area contributed by atoms with Gasteiger partial charge in [0.2, 0.25) is 0 Å². The van der Waals surface area contributed by atoms with E-state index in [0.717, 1.165) is 18.5 Å². The second kappa shape index (κ2) is 3.76. The maximum atomic E-state index is 5.91. The Kier molecular flexibility index (Phi) is 3.09. The van der Waals surface area contributed by atoms with Crippen molar-refractivity contribution in [1.82, 2.24) is 4.98 Å². The van der Waals surface area contributed by atoms with E-state index in [0.29, 0.717) is 0 Å². The topological polar surface area (TPSA) is 38.9 Å². The third-order valence-corrected chi connectivity index (χ3v) is 3.19. The van der Waals surface area contributed by atoms with Gasteiger partial charge in [0.1, 0.15) is 0 Å². The van der Waals surface area contributed by atoms with E-state index in [1.54, 1.807) is 11.3 Å². The van der Waals surface area contributed by atoms with E-state index < -0.39 is 0 Å². The molecule has 0 saturated heterocycles. The quantitative estimate of drug-likeness (QED) is 0.810. The molecule has 2 N–H and O–H groups in total. The Labute approximate surface area is 84.2 Å². The monoisotopic (exact) mass is 198 g/mol. The summed E-state index contributed by atoms with van der Waals surface area (Å²) >= 11 is 1.79. The number of nitrogens with two attached hydrogens (primary N) is 1. The standard InChI is InChI=1S/C10H18N2S/c1-7-8(2)13-9(12-7)5-6-10(3,4)11/h5-6,11H2,1-4H3. The first-order valence-electron chi connectivity index (χ1n) is 4.60. The van der Waals surface area contributed by atoms with Crippen LogP contribution < -0.4 is 5.73 Å². The number of aryl methyl sites for hydroxylation is 3. The van der Waals surface area contributed by atoms with Crippen molar-refractivity contribution in [1.29, 1.82) is 0 Å². The van der Waals surface area contributed by atoms with Crippen LogP contribution in [0.25, 0.3) is 0 Å². The highest BCUT2D eigenvalue weighted by atomic mass is 32.1. The average Bonchev–Trinajstić information content (AvgIpc) is 2.27. The molecule has 3 heteroatoms. The minimum absolute atomic E-state index is 0.0759. The first-order valence-corrected chi connectivity index (χ1v) is 5.42. The number of nitrogens with zero attached hydrogens (tertiary/aromatic N) is 1. The molecule has 74 valence electrons. The molecule has 13 heavy (non-hydrogen) atoms. The lowest BCUT2D eigenvalue weighted by molar-refractivity contribution is 0.476. The van der Waals surface area contributed by atoms with Crippen LogP contribution in [-0.2, 0) is 6.42 Å². The number of rotatable bonds is 3. The SMILES string of the molecule is Cc1nc(CCC(C)(C)N)sc1C. The Morgan fingerprint density at radius 1 is 1.38 bits per heavy atom. The number of thiazole rings is 1. The molecule has 0 saturated carbocycles. The fourth-order valence-corrected chi connectivity index (χ4v) is 2.01. The van der Waals surface area contributed by atoms with Gasteiger partial charge in [-0.15, -0.1) is 11.3 Å². The van der Waals surface area contributed by atoms with Crippen LogP contribution in [0.15, 0.2) is 0 Å². The smallest absolute Gasteiger partial charge is 0.0931 e. The molecule has 0 aromatic carbocycles. The van der Waals surface area contributed by atoms with Crippen LogP contribution >= 0.6 is 11.3 Å². The first kappa shape index (κ1) is 10.7. The highest BCUT2D eigenvalue weighted by molar-refractivity contribution is 7.11. The summed E-state index contributed by atoms with van der Waals surface area (Å²) in [7, 11) is 0. The molecule has 1 rings (SSSR count). The summed E-state index contributed by atoms with van der Waals surface area (Å²) in [6.07, 6.45) is 2.00. The van der Waals surface area contributed by atoms with Crippen molar-refractivity contribution < 1.29 is 0 Å². The van der Waals surface area contributed by atoms with Crippen molar-refractivity contribution in [3.05, 3.63) is 15.6 Å². The van der Waals surface area contributed by atoms with E-state index in [9.17, 15) is 0 Å². The second-order valence-electron chi connectivity index (χ2n) is 4.24. The normalized spacial score (nSPS) is 12.1. The molecular formula is C10H18N2S. The number of aromatic nitrogens is 1. The molecule has 0 atom stereocenters. The van der Waals surface area contributed by atoms with Gasteiger partial charge in [-0.2, -0.15) is 0 Å². The lowest BCUT2D eigenvalue weighted by Crippen LogP contribution is -2.32. The third-order valence-electron chi connectivity index (χ3n) is 2.06. The Morgan fingerprint density at radius 3 is 2.38 bits per heavy atom. The summed E-state index contributed by atoms with van der Waals surface area (Å²) in [5.41, 5.74) is 6.99. The summed E-state index contributed by atoms with van der Waals surface area (Å²) < 4.78 is 0. The van der Waals surface area contributed by atoms with Crippen molar-refractivity contribution in [2.75, 3.05) is 0 Å². The van der Waals surface area contributed by atoms with E-state index in [2.05, 4.69) is 32.7 Å². The van der Waals surface area contributed by atoms with Crippen molar-refractivity contribution in [2.24, 2.45) is 5.73 Å². The summed E-state index contributed by atoms with van der Waals surface area (Å²) in [5, 5.41) is 1.22. The largest absolute Gasteiger partial charge is 0.326 e. The van der Waals surface area contributed by atoms with Gasteiger partial charge in [-0.25, -0.2) is 4.98 Å². The van der Waals surface area contributed by atoms with Crippen molar-refractivity contribution in [2.45, 2.75) is 46.1 Å². The molecule has 0 aliphatic heterocycles. The van der Waals surface area contributed by atoms with Crippen LogP contribution in [0, 0.1) is 13.8 Å². The van der Waals surface area contributed by atoms with Gasteiger partial charge in [0, 0.05) is 16.8 Å². The van der Waals surface area contributed by atoms with Gasteiger partial charge in [-0.1, -0.05) is 0 Å². The molecular weight excluding hydrogens is 180 g/mol. The molecule has 1 heterocycles. The predicted molar refractivity (Wildman–Crippen MR) is 58.2 cm³/mol. The van der Waals surface area contributed by atoms with Gasteiger partial charge >= 0.3 is 0 Å². The Balaban J connectivity index is 2.56. The highest BCUT2D eigenvalue weighted by Crippen LogP contribution is 2.19. The fraction of sp³-hybridized carbons (Fsp3) is 0.700. The van der Waals surface area contributed by atoms with Crippen LogP contribution in [0.4, 0.5) is 0 Å². The van der Waals surface area contributed by atoms with Gasteiger partial charge in [0.25, 0.3) is 0 Å². The molecule has 0 unspecified atom stereocenters. The van der Waals surface area contributed by atoms with E-state index >= 15 is 0 Å². The Bertz CT molecular complexity index is 264. The lowest BCUT2D eigenvalue weighted by Gasteiger charge is -2.16. The molecule has 0 spiro atoms. The van der Waals surface area contributed by atoms with Crippen LogP contribution in [0.2, 0.25) is 0 Å². The van der Waals surface area contributed by atoms with Crippen LogP contribution in [0.5, 0.6) is 0 Å². The van der Waals surface area contributed by atoms with Crippen LogP contribution in [0.3, 0.4) is 0 Å². The molecule has 0 amide bonds. The van der Waals surface area contributed by atoms with Crippen LogP contribution in [0.1, 0.15) is 35.8 Å². The third kappa shape index (κ3) is 3.44. The zero-order valence-corrected chi connectivity index (χ0v) is 9.66. The zero-order chi connectivity index (χ0) is 10.1. The minimum atomic E-state index is -0.0759. The van der Waals surface area contributed by atoms with Gasteiger partial charge in [-0.05, 0) is 34.1 Å². The van der Waals surface area contributed by atoms with Gasteiger partial charge in [-0.3, -0.25) is 0 Å². The molecule has 1 aromatic heterocycles. The first-order chi connectivity index (χ1) is 5.88.